The van der Waals surface area contributed by atoms with Gasteiger partial charge in [0.05, 0.1) is 5.69 Å². The van der Waals surface area contributed by atoms with E-state index in [-0.39, 0.29) is 17.3 Å². The van der Waals surface area contributed by atoms with Gasteiger partial charge in [-0.1, -0.05) is 31.0 Å². The van der Waals surface area contributed by atoms with Gasteiger partial charge in [-0.2, -0.15) is 4.98 Å². The van der Waals surface area contributed by atoms with E-state index in [4.69, 9.17) is 22.2 Å². The summed E-state index contributed by atoms with van der Waals surface area (Å²) in [5.41, 5.74) is 9.52. The van der Waals surface area contributed by atoms with Crippen molar-refractivity contribution in [3.05, 3.63) is 40.5 Å². The van der Waals surface area contributed by atoms with E-state index in [9.17, 15) is 9.59 Å². The van der Waals surface area contributed by atoms with Crippen LogP contribution in [0.5, 0.6) is 0 Å². The van der Waals surface area contributed by atoms with E-state index in [2.05, 4.69) is 26.1 Å². The number of urea groups is 1. The highest BCUT2D eigenvalue weighted by Gasteiger charge is 2.16. The predicted octanol–water partition coefficient (Wildman–Crippen LogP) is 3.13. The molecule has 0 bridgehead atoms. The standard InChI is InChI=1S/C17H21ClN6O3/c1-3-4-8-20-17(26)23-16-21-9-11(14(19)22-16)15(25)27-24-13-7-5-6-12(18)10(13)2/h5-7,9,24H,3-4,8H2,1-2H3,(H4,19,20,21,22,23,26). The predicted molar refractivity (Wildman–Crippen MR) is 104 cm³/mol. The van der Waals surface area contributed by atoms with Crippen molar-refractivity contribution < 1.29 is 14.4 Å². The van der Waals surface area contributed by atoms with Crippen LogP contribution >= 0.6 is 11.6 Å². The number of amides is 2. The zero-order chi connectivity index (χ0) is 19.8. The fourth-order valence-corrected chi connectivity index (χ4v) is 2.19. The molecule has 0 fully saturated rings. The van der Waals surface area contributed by atoms with Crippen molar-refractivity contribution in [3.63, 3.8) is 0 Å². The molecule has 1 heterocycles. The summed E-state index contributed by atoms with van der Waals surface area (Å²) in [5.74, 6) is -0.911. The van der Waals surface area contributed by atoms with Crippen LogP contribution in [0.1, 0.15) is 35.7 Å². The molecule has 0 atom stereocenters. The number of hydrogen-bond acceptors (Lipinski definition) is 7. The Labute approximate surface area is 161 Å². The Balaban J connectivity index is 1.97. The van der Waals surface area contributed by atoms with Gasteiger partial charge in [-0.15, -0.1) is 0 Å². The van der Waals surface area contributed by atoms with Crippen LogP contribution in [0.15, 0.2) is 24.4 Å². The van der Waals surface area contributed by atoms with E-state index in [1.807, 2.05) is 6.92 Å². The highest BCUT2D eigenvalue weighted by atomic mass is 35.5. The van der Waals surface area contributed by atoms with Gasteiger partial charge in [0.25, 0.3) is 0 Å². The zero-order valence-electron chi connectivity index (χ0n) is 15.0. The molecule has 1 aromatic carbocycles. The topological polar surface area (TPSA) is 131 Å². The van der Waals surface area contributed by atoms with Gasteiger partial charge in [-0.05, 0) is 31.0 Å². The summed E-state index contributed by atoms with van der Waals surface area (Å²) >= 11 is 6.01. The first-order valence-electron chi connectivity index (χ1n) is 8.32. The summed E-state index contributed by atoms with van der Waals surface area (Å²) in [6, 6.07) is 4.70. The van der Waals surface area contributed by atoms with Gasteiger partial charge >= 0.3 is 12.0 Å². The molecule has 2 rings (SSSR count). The second kappa shape index (κ2) is 9.58. The molecular weight excluding hydrogens is 372 g/mol. The molecule has 10 heteroatoms. The maximum atomic E-state index is 12.2. The van der Waals surface area contributed by atoms with Crippen LogP contribution in [0.3, 0.4) is 0 Å². The fraction of sp³-hybridized carbons (Fsp3) is 0.294. The largest absolute Gasteiger partial charge is 0.383 e. The highest BCUT2D eigenvalue weighted by molar-refractivity contribution is 6.31. The molecular formula is C17H21ClN6O3. The molecule has 0 aliphatic carbocycles. The molecule has 0 aliphatic heterocycles. The summed E-state index contributed by atoms with van der Waals surface area (Å²) in [6.45, 7) is 4.34. The third-order valence-electron chi connectivity index (χ3n) is 3.60. The summed E-state index contributed by atoms with van der Waals surface area (Å²) in [5, 5.41) is 5.63. The lowest BCUT2D eigenvalue weighted by atomic mass is 10.2. The second-order valence-electron chi connectivity index (χ2n) is 5.63. The number of nitrogen functional groups attached to an aromatic ring is 1. The van der Waals surface area contributed by atoms with Crippen LogP contribution in [0.25, 0.3) is 0 Å². The molecule has 1 aromatic heterocycles. The van der Waals surface area contributed by atoms with E-state index >= 15 is 0 Å². The molecule has 0 saturated carbocycles. The number of nitrogens with zero attached hydrogens (tertiary/aromatic N) is 2. The van der Waals surface area contributed by atoms with Crippen LogP contribution in [0.4, 0.5) is 22.2 Å². The summed E-state index contributed by atoms with van der Waals surface area (Å²) in [4.78, 5) is 36.7. The van der Waals surface area contributed by atoms with Crippen LogP contribution in [-0.2, 0) is 4.84 Å². The van der Waals surface area contributed by atoms with Crippen LogP contribution in [0, 0.1) is 6.92 Å². The first-order valence-corrected chi connectivity index (χ1v) is 8.69. The van der Waals surface area contributed by atoms with Gasteiger partial charge in [0.1, 0.15) is 11.4 Å². The van der Waals surface area contributed by atoms with Crippen LogP contribution in [0.2, 0.25) is 5.02 Å². The Bertz CT molecular complexity index is 830. The number of nitrogens with one attached hydrogen (secondary N) is 3. The number of carbonyl (C=O) groups is 2. The Morgan fingerprint density at radius 3 is 2.81 bits per heavy atom. The van der Waals surface area contributed by atoms with Gasteiger partial charge in [-0.3, -0.25) is 5.32 Å². The molecule has 5 N–H and O–H groups in total. The highest BCUT2D eigenvalue weighted by Crippen LogP contribution is 2.23. The van der Waals surface area contributed by atoms with Gasteiger partial charge in [0.2, 0.25) is 5.95 Å². The molecule has 9 nitrogen and oxygen atoms in total. The quantitative estimate of drug-likeness (QED) is 0.420. The van der Waals surface area contributed by atoms with Gasteiger partial charge < -0.3 is 15.9 Å². The number of aromatic nitrogens is 2. The molecule has 2 amide bonds. The molecule has 0 unspecified atom stereocenters. The number of nitrogens with two attached hydrogens (primary N) is 1. The molecule has 144 valence electrons. The molecule has 0 spiro atoms. The smallest absolute Gasteiger partial charge is 0.368 e. The SMILES string of the molecule is CCCCNC(=O)Nc1ncc(C(=O)ONc2cccc(Cl)c2C)c(N)n1. The number of halogens is 1. The monoisotopic (exact) mass is 392 g/mol. The number of anilines is 3. The minimum atomic E-state index is -0.772. The van der Waals surface area contributed by atoms with E-state index in [1.165, 1.54) is 6.20 Å². The van der Waals surface area contributed by atoms with Crippen LogP contribution in [-0.4, -0.2) is 28.5 Å². The molecule has 2 aromatic rings. The minimum Gasteiger partial charge on any atom is -0.383 e. The number of carbonyl (C=O) groups excluding carboxylic acids is 2. The number of rotatable bonds is 7. The average molecular weight is 393 g/mol. The van der Waals surface area contributed by atoms with Gasteiger partial charge in [0, 0.05) is 17.8 Å². The van der Waals surface area contributed by atoms with E-state index in [0.29, 0.717) is 17.3 Å². The minimum absolute atomic E-state index is 0.0170. The van der Waals surface area contributed by atoms with Crippen molar-refractivity contribution in [2.75, 3.05) is 23.1 Å². The van der Waals surface area contributed by atoms with E-state index < -0.39 is 12.0 Å². The summed E-state index contributed by atoms with van der Waals surface area (Å²) in [7, 11) is 0. The maximum Gasteiger partial charge on any atom is 0.368 e. The third kappa shape index (κ3) is 5.71. The fourth-order valence-electron chi connectivity index (χ4n) is 2.01. The van der Waals surface area contributed by atoms with Crippen molar-refractivity contribution >= 4 is 41.1 Å². The Morgan fingerprint density at radius 2 is 2.11 bits per heavy atom. The lowest BCUT2D eigenvalue weighted by Gasteiger charge is -2.11. The van der Waals surface area contributed by atoms with E-state index in [0.717, 1.165) is 18.4 Å². The van der Waals surface area contributed by atoms with Crippen molar-refractivity contribution in [2.24, 2.45) is 0 Å². The number of hydrogen-bond donors (Lipinski definition) is 4. The molecule has 0 aliphatic rings. The zero-order valence-corrected chi connectivity index (χ0v) is 15.8. The molecule has 27 heavy (non-hydrogen) atoms. The first kappa shape index (κ1) is 20.2. The summed E-state index contributed by atoms with van der Waals surface area (Å²) < 4.78 is 0. The third-order valence-corrected chi connectivity index (χ3v) is 4.01. The molecule has 0 saturated heterocycles. The number of unbranched alkanes of at least 4 members (excludes halogenated alkanes) is 1. The first-order chi connectivity index (χ1) is 12.9. The lowest BCUT2D eigenvalue weighted by molar-refractivity contribution is 0.0596. The Hall–Kier alpha value is -3.07. The van der Waals surface area contributed by atoms with Gasteiger partial charge in [-0.25, -0.2) is 20.1 Å². The molecule has 0 radical (unpaired) electrons. The second-order valence-corrected chi connectivity index (χ2v) is 6.04. The average Bonchev–Trinajstić information content (AvgIpc) is 2.63. The Morgan fingerprint density at radius 1 is 1.33 bits per heavy atom. The van der Waals surface area contributed by atoms with Crippen molar-refractivity contribution in [1.29, 1.82) is 0 Å². The van der Waals surface area contributed by atoms with Crippen molar-refractivity contribution in [2.45, 2.75) is 26.7 Å². The van der Waals surface area contributed by atoms with Gasteiger partial charge in [0.15, 0.2) is 0 Å². The van der Waals surface area contributed by atoms with Crippen molar-refractivity contribution in [1.82, 2.24) is 15.3 Å². The van der Waals surface area contributed by atoms with Crippen LogP contribution < -0.4 is 21.8 Å². The Kier molecular flexibility index (Phi) is 7.18. The van der Waals surface area contributed by atoms with E-state index in [1.54, 1.807) is 25.1 Å². The maximum absolute atomic E-state index is 12.2. The normalized spacial score (nSPS) is 10.2. The number of benzene rings is 1. The van der Waals surface area contributed by atoms with Crippen molar-refractivity contribution in [3.8, 4) is 0 Å². The summed E-state index contributed by atoms with van der Waals surface area (Å²) in [6.07, 6.45) is 3.00. The lowest BCUT2D eigenvalue weighted by Crippen LogP contribution is -2.30.